The Labute approximate surface area is 203 Å². The first-order valence-corrected chi connectivity index (χ1v) is 11.7. The minimum Gasteiger partial charge on any atom is -0.472 e. The Bertz CT molecular complexity index is 1310. The zero-order valence-corrected chi connectivity index (χ0v) is 20.0. The third-order valence-corrected chi connectivity index (χ3v) is 6.77. The van der Waals surface area contributed by atoms with Crippen LogP contribution in [0.15, 0.2) is 47.3 Å². The number of nitrogens with zero attached hydrogens (tertiary/aromatic N) is 4. The second-order valence-electron chi connectivity index (χ2n) is 9.77. The van der Waals surface area contributed by atoms with E-state index in [1.807, 2.05) is 31.7 Å². The third kappa shape index (κ3) is 4.28. The normalized spacial score (nSPS) is 19.2. The van der Waals surface area contributed by atoms with E-state index in [4.69, 9.17) is 14.1 Å². The number of carbonyl (C=O) groups is 1. The molecule has 1 saturated heterocycles. The number of halogens is 1. The van der Waals surface area contributed by atoms with Crippen molar-refractivity contribution >= 4 is 11.7 Å². The average molecular weight is 475 g/mol. The largest absolute Gasteiger partial charge is 0.472 e. The van der Waals surface area contributed by atoms with Crippen molar-refractivity contribution in [3.63, 3.8) is 0 Å². The molecule has 0 N–H and O–H groups in total. The summed E-state index contributed by atoms with van der Waals surface area (Å²) in [6, 6.07) is 10.3. The van der Waals surface area contributed by atoms with E-state index in [0.29, 0.717) is 60.9 Å². The van der Waals surface area contributed by atoms with Crippen molar-refractivity contribution in [1.82, 2.24) is 9.88 Å². The summed E-state index contributed by atoms with van der Waals surface area (Å²) in [7, 11) is 0. The van der Waals surface area contributed by atoms with Gasteiger partial charge in [-0.05, 0) is 44.5 Å². The van der Waals surface area contributed by atoms with Crippen molar-refractivity contribution in [1.29, 1.82) is 5.26 Å². The molecular formula is C27H27FN4O3. The summed E-state index contributed by atoms with van der Waals surface area (Å²) < 4.78 is 25.3. The molecule has 2 aromatic heterocycles. The Hall–Kier alpha value is -3.70. The number of amides is 1. The van der Waals surface area contributed by atoms with Crippen LogP contribution in [-0.2, 0) is 17.8 Å². The van der Waals surface area contributed by atoms with Crippen LogP contribution in [0, 0.1) is 17.1 Å². The summed E-state index contributed by atoms with van der Waals surface area (Å²) in [4.78, 5) is 21.7. The first-order valence-electron chi connectivity index (χ1n) is 11.7. The number of carbonyl (C=O) groups excluding carboxylic acids is 1. The van der Waals surface area contributed by atoms with E-state index in [1.54, 1.807) is 12.1 Å². The SMILES string of the molecule is CC1CN(c2nc(-c3cccc(F)c3)c3c(c2C#N)CC(C)(C)OC3)CCN1C(=O)c1ccoc1. The summed E-state index contributed by atoms with van der Waals surface area (Å²) in [5, 5.41) is 10.2. The molecule has 1 aromatic carbocycles. The van der Waals surface area contributed by atoms with Crippen LogP contribution >= 0.6 is 0 Å². The summed E-state index contributed by atoms with van der Waals surface area (Å²) in [6.45, 7) is 7.82. The van der Waals surface area contributed by atoms with E-state index in [-0.39, 0.29) is 17.8 Å². The molecule has 1 amide bonds. The number of hydrogen-bond acceptors (Lipinski definition) is 6. The van der Waals surface area contributed by atoms with Gasteiger partial charge in [0.2, 0.25) is 0 Å². The zero-order valence-electron chi connectivity index (χ0n) is 20.0. The number of nitriles is 1. The van der Waals surface area contributed by atoms with Crippen LogP contribution in [0.1, 0.15) is 47.8 Å². The molecule has 5 rings (SSSR count). The molecule has 8 heteroatoms. The first-order chi connectivity index (χ1) is 16.8. The molecule has 0 spiro atoms. The number of hydrogen-bond donors (Lipinski definition) is 0. The lowest BCUT2D eigenvalue weighted by Crippen LogP contribution is -2.54. The Morgan fingerprint density at radius 2 is 2.09 bits per heavy atom. The molecule has 180 valence electrons. The predicted molar refractivity (Wildman–Crippen MR) is 128 cm³/mol. The summed E-state index contributed by atoms with van der Waals surface area (Å²) in [5.74, 6) is 0.149. The smallest absolute Gasteiger partial charge is 0.257 e. The van der Waals surface area contributed by atoms with Gasteiger partial charge in [-0.2, -0.15) is 5.26 Å². The van der Waals surface area contributed by atoms with Gasteiger partial charge in [0.05, 0.1) is 35.3 Å². The number of fused-ring (bicyclic) bond motifs is 1. The number of anilines is 1. The molecule has 2 aliphatic rings. The Morgan fingerprint density at radius 3 is 2.77 bits per heavy atom. The van der Waals surface area contributed by atoms with Crippen LogP contribution in [0.5, 0.6) is 0 Å². The van der Waals surface area contributed by atoms with Gasteiger partial charge < -0.3 is 19.0 Å². The van der Waals surface area contributed by atoms with E-state index in [1.165, 1.54) is 24.7 Å². The second-order valence-corrected chi connectivity index (χ2v) is 9.77. The highest BCUT2D eigenvalue weighted by Gasteiger charge is 2.35. The van der Waals surface area contributed by atoms with Gasteiger partial charge in [0, 0.05) is 43.2 Å². The molecule has 4 heterocycles. The standard InChI is InChI=1S/C27H27FN4O3/c1-17-14-31(8-9-32(17)26(33)19-7-10-34-15-19)25-22(13-29)21-12-27(2,3)35-16-23(21)24(30-25)18-5-4-6-20(28)11-18/h4-7,10-11,15,17H,8-9,12,14,16H2,1-3H3. The molecule has 2 aliphatic heterocycles. The number of benzene rings is 1. The fourth-order valence-electron chi connectivity index (χ4n) is 4.98. The zero-order chi connectivity index (χ0) is 24.7. The van der Waals surface area contributed by atoms with Crippen molar-refractivity contribution in [3.8, 4) is 17.3 Å². The van der Waals surface area contributed by atoms with Crippen molar-refractivity contribution < 1.29 is 18.3 Å². The molecule has 0 bridgehead atoms. The van der Waals surface area contributed by atoms with Gasteiger partial charge in [-0.1, -0.05) is 12.1 Å². The molecule has 0 aliphatic carbocycles. The number of furan rings is 1. The van der Waals surface area contributed by atoms with Crippen molar-refractivity contribution in [2.75, 3.05) is 24.5 Å². The molecule has 1 fully saturated rings. The lowest BCUT2D eigenvalue weighted by molar-refractivity contribution is -0.0400. The summed E-state index contributed by atoms with van der Waals surface area (Å²) >= 11 is 0. The maximum absolute atomic E-state index is 14.1. The maximum atomic E-state index is 14.1. The number of pyridine rings is 1. The highest BCUT2D eigenvalue weighted by atomic mass is 19.1. The maximum Gasteiger partial charge on any atom is 0.257 e. The van der Waals surface area contributed by atoms with E-state index in [0.717, 1.165) is 11.1 Å². The van der Waals surface area contributed by atoms with Crippen LogP contribution in [0.4, 0.5) is 10.2 Å². The lowest BCUT2D eigenvalue weighted by Gasteiger charge is -2.41. The number of aromatic nitrogens is 1. The Kier molecular flexibility index (Phi) is 5.81. The van der Waals surface area contributed by atoms with Gasteiger partial charge in [0.15, 0.2) is 0 Å². The summed E-state index contributed by atoms with van der Waals surface area (Å²) in [6.07, 6.45) is 3.50. The van der Waals surface area contributed by atoms with Crippen molar-refractivity contribution in [2.24, 2.45) is 0 Å². The molecule has 0 radical (unpaired) electrons. The fraction of sp³-hybridized carbons (Fsp3) is 0.370. The van der Waals surface area contributed by atoms with Crippen LogP contribution in [-0.4, -0.2) is 47.1 Å². The van der Waals surface area contributed by atoms with Gasteiger partial charge in [0.1, 0.15) is 24.0 Å². The minimum atomic E-state index is -0.431. The molecular weight excluding hydrogens is 447 g/mol. The van der Waals surface area contributed by atoms with E-state index >= 15 is 0 Å². The van der Waals surface area contributed by atoms with Crippen molar-refractivity contribution in [2.45, 2.75) is 45.4 Å². The van der Waals surface area contributed by atoms with Gasteiger partial charge in [-0.15, -0.1) is 0 Å². The highest BCUT2D eigenvalue weighted by molar-refractivity contribution is 5.94. The first kappa shape index (κ1) is 23.1. The van der Waals surface area contributed by atoms with Crippen LogP contribution in [0.3, 0.4) is 0 Å². The molecule has 0 saturated carbocycles. The fourth-order valence-corrected chi connectivity index (χ4v) is 4.98. The molecule has 35 heavy (non-hydrogen) atoms. The van der Waals surface area contributed by atoms with Gasteiger partial charge in [0.25, 0.3) is 5.91 Å². The highest BCUT2D eigenvalue weighted by Crippen LogP contribution is 2.39. The van der Waals surface area contributed by atoms with Crippen LogP contribution in [0.2, 0.25) is 0 Å². The number of piperazine rings is 1. The topological polar surface area (TPSA) is 82.6 Å². The van der Waals surface area contributed by atoms with Crippen LogP contribution in [0.25, 0.3) is 11.3 Å². The van der Waals surface area contributed by atoms with Gasteiger partial charge in [-0.25, -0.2) is 9.37 Å². The molecule has 1 unspecified atom stereocenters. The van der Waals surface area contributed by atoms with Crippen LogP contribution < -0.4 is 4.90 Å². The van der Waals surface area contributed by atoms with E-state index < -0.39 is 5.60 Å². The summed E-state index contributed by atoms with van der Waals surface area (Å²) in [5.41, 5.74) is 3.63. The number of ether oxygens (including phenoxy) is 1. The number of rotatable bonds is 3. The second kappa shape index (κ2) is 8.82. The van der Waals surface area contributed by atoms with E-state index in [2.05, 4.69) is 11.0 Å². The molecule has 7 nitrogen and oxygen atoms in total. The van der Waals surface area contributed by atoms with E-state index in [9.17, 15) is 14.4 Å². The average Bonchev–Trinajstić information content (AvgIpc) is 3.37. The van der Waals surface area contributed by atoms with Gasteiger partial charge >= 0.3 is 0 Å². The van der Waals surface area contributed by atoms with Gasteiger partial charge in [-0.3, -0.25) is 4.79 Å². The molecule has 1 atom stereocenters. The quantitative estimate of drug-likeness (QED) is 0.554. The Morgan fingerprint density at radius 1 is 1.26 bits per heavy atom. The third-order valence-electron chi connectivity index (χ3n) is 6.77. The molecule has 3 aromatic rings. The Balaban J connectivity index is 1.56. The minimum absolute atomic E-state index is 0.0795. The van der Waals surface area contributed by atoms with Crippen molar-refractivity contribution in [3.05, 3.63) is 70.9 Å². The predicted octanol–water partition coefficient (Wildman–Crippen LogP) is 4.55. The lowest BCUT2D eigenvalue weighted by atomic mass is 9.86. The monoisotopic (exact) mass is 474 g/mol.